The van der Waals surface area contributed by atoms with Gasteiger partial charge in [0.15, 0.2) is 0 Å². The van der Waals surface area contributed by atoms with Crippen molar-refractivity contribution in [3.63, 3.8) is 0 Å². The number of carboxylic acids is 1. The number of nitrogens with one attached hydrogen (secondary N) is 1. The molecule has 0 fully saturated rings. The topological polar surface area (TPSA) is 49.3 Å². The van der Waals surface area contributed by atoms with Crippen molar-refractivity contribution < 1.29 is 9.90 Å². The van der Waals surface area contributed by atoms with Crippen molar-refractivity contribution in [1.82, 2.24) is 5.32 Å². The van der Waals surface area contributed by atoms with Crippen LogP contribution < -0.4 is 5.32 Å². The maximum Gasteiger partial charge on any atom is 0.334 e. The number of allylic oxidation sites excluding steroid dienone is 2. The standard InChI is InChI=1S/C7H8NO2/c1-5-6(7(9)10)3-2-4-8-5/h2-4,8H,1H3,(H,9,10). The average Bonchev–Trinajstić information content (AvgIpc) is 1.88. The summed E-state index contributed by atoms with van der Waals surface area (Å²) in [5.41, 5.74) is 0.322. The molecule has 0 saturated heterocycles. The summed E-state index contributed by atoms with van der Waals surface area (Å²) in [6.45, 7) is 1.73. The highest BCUT2D eigenvalue weighted by Gasteiger charge is 2.16. The van der Waals surface area contributed by atoms with Crippen molar-refractivity contribution in [2.24, 2.45) is 0 Å². The van der Waals surface area contributed by atoms with Crippen molar-refractivity contribution in [2.75, 3.05) is 0 Å². The molecule has 1 rings (SSSR count). The first-order valence-corrected chi connectivity index (χ1v) is 2.92. The summed E-state index contributed by atoms with van der Waals surface area (Å²) in [5, 5.41) is 11.3. The van der Waals surface area contributed by atoms with E-state index >= 15 is 0 Å². The molecule has 53 valence electrons. The highest BCUT2D eigenvalue weighted by atomic mass is 16.4. The van der Waals surface area contributed by atoms with Gasteiger partial charge in [0, 0.05) is 0 Å². The number of rotatable bonds is 1. The minimum absolute atomic E-state index is 0.322. The van der Waals surface area contributed by atoms with Crippen LogP contribution in [0.4, 0.5) is 0 Å². The van der Waals surface area contributed by atoms with Crippen molar-refractivity contribution >= 4 is 5.97 Å². The second kappa shape index (κ2) is 2.56. The zero-order valence-corrected chi connectivity index (χ0v) is 5.59. The molecule has 0 aromatic heterocycles. The third kappa shape index (κ3) is 1.18. The van der Waals surface area contributed by atoms with Crippen LogP contribution in [0.3, 0.4) is 0 Å². The highest BCUT2D eigenvalue weighted by Crippen LogP contribution is 2.12. The van der Waals surface area contributed by atoms with Crippen LogP contribution in [0.1, 0.15) is 6.92 Å². The fourth-order valence-electron chi connectivity index (χ4n) is 0.752. The Kier molecular flexibility index (Phi) is 1.76. The SMILES string of the molecule is C[C]1NC=CC=C1C(=O)O. The Labute approximate surface area is 59.0 Å². The lowest BCUT2D eigenvalue weighted by molar-refractivity contribution is -0.132. The average molecular weight is 138 g/mol. The minimum Gasteiger partial charge on any atom is -0.478 e. The summed E-state index contributed by atoms with van der Waals surface area (Å²) < 4.78 is 0. The van der Waals surface area contributed by atoms with E-state index in [0.29, 0.717) is 11.6 Å². The van der Waals surface area contributed by atoms with Crippen LogP contribution in [0.2, 0.25) is 0 Å². The fourth-order valence-corrected chi connectivity index (χ4v) is 0.752. The van der Waals surface area contributed by atoms with Crippen molar-refractivity contribution in [3.05, 3.63) is 30.0 Å². The number of dihydropyridines is 1. The Morgan fingerprint density at radius 2 is 2.40 bits per heavy atom. The maximum atomic E-state index is 10.4. The molecule has 0 saturated carbocycles. The minimum atomic E-state index is -0.894. The van der Waals surface area contributed by atoms with E-state index in [1.165, 1.54) is 0 Å². The molecule has 0 aliphatic carbocycles. The normalized spacial score (nSPS) is 17.9. The van der Waals surface area contributed by atoms with Gasteiger partial charge in [-0.2, -0.15) is 0 Å². The van der Waals surface area contributed by atoms with Gasteiger partial charge >= 0.3 is 5.97 Å². The lowest BCUT2D eigenvalue weighted by atomic mass is 10.1. The van der Waals surface area contributed by atoms with Gasteiger partial charge in [0.25, 0.3) is 0 Å². The summed E-state index contributed by atoms with van der Waals surface area (Å²) in [4.78, 5) is 10.4. The lowest BCUT2D eigenvalue weighted by Gasteiger charge is -2.13. The molecule has 0 aromatic carbocycles. The molecular formula is C7H8NO2. The zero-order chi connectivity index (χ0) is 7.56. The highest BCUT2D eigenvalue weighted by molar-refractivity contribution is 5.90. The second-order valence-corrected chi connectivity index (χ2v) is 2.01. The molecule has 1 heterocycles. The lowest BCUT2D eigenvalue weighted by Crippen LogP contribution is -2.21. The molecule has 3 nitrogen and oxygen atoms in total. The molecule has 1 radical (unpaired) electrons. The van der Waals surface area contributed by atoms with Gasteiger partial charge in [0.1, 0.15) is 0 Å². The summed E-state index contributed by atoms with van der Waals surface area (Å²) in [6.07, 6.45) is 4.92. The quantitative estimate of drug-likeness (QED) is 0.559. The van der Waals surface area contributed by atoms with Gasteiger partial charge in [-0.3, -0.25) is 0 Å². The van der Waals surface area contributed by atoms with Crippen LogP contribution in [0, 0.1) is 6.04 Å². The fraction of sp³-hybridized carbons (Fsp3) is 0.143. The zero-order valence-electron chi connectivity index (χ0n) is 5.59. The van der Waals surface area contributed by atoms with E-state index in [1.807, 2.05) is 0 Å². The van der Waals surface area contributed by atoms with E-state index < -0.39 is 5.97 Å². The van der Waals surface area contributed by atoms with Gasteiger partial charge in [-0.15, -0.1) is 0 Å². The molecule has 0 amide bonds. The molecule has 2 N–H and O–H groups in total. The first kappa shape index (κ1) is 6.86. The molecule has 10 heavy (non-hydrogen) atoms. The monoisotopic (exact) mass is 138 g/mol. The van der Waals surface area contributed by atoms with Crippen LogP contribution in [0.25, 0.3) is 0 Å². The summed E-state index contributed by atoms with van der Waals surface area (Å²) in [5.74, 6) is -0.894. The Morgan fingerprint density at radius 3 is 2.80 bits per heavy atom. The van der Waals surface area contributed by atoms with Gasteiger partial charge < -0.3 is 10.4 Å². The first-order chi connectivity index (χ1) is 4.72. The second-order valence-electron chi connectivity index (χ2n) is 2.01. The van der Waals surface area contributed by atoms with Gasteiger partial charge in [-0.1, -0.05) is 0 Å². The number of carboxylic acid groups (broad SMARTS) is 1. The van der Waals surface area contributed by atoms with Gasteiger partial charge in [0.2, 0.25) is 0 Å². The summed E-state index contributed by atoms with van der Waals surface area (Å²) >= 11 is 0. The first-order valence-electron chi connectivity index (χ1n) is 2.92. The van der Waals surface area contributed by atoms with Crippen LogP contribution in [0.5, 0.6) is 0 Å². The van der Waals surface area contributed by atoms with Crippen LogP contribution >= 0.6 is 0 Å². The smallest absolute Gasteiger partial charge is 0.334 e. The van der Waals surface area contributed by atoms with E-state index in [0.717, 1.165) is 0 Å². The van der Waals surface area contributed by atoms with Gasteiger partial charge in [0.05, 0.1) is 11.6 Å². The van der Waals surface area contributed by atoms with Crippen molar-refractivity contribution in [1.29, 1.82) is 0 Å². The van der Waals surface area contributed by atoms with E-state index in [-0.39, 0.29) is 0 Å². The Morgan fingerprint density at radius 1 is 1.70 bits per heavy atom. The van der Waals surface area contributed by atoms with E-state index in [9.17, 15) is 4.79 Å². The largest absolute Gasteiger partial charge is 0.478 e. The number of carbonyl (C=O) groups is 1. The molecule has 0 aromatic rings. The van der Waals surface area contributed by atoms with Gasteiger partial charge in [-0.25, -0.2) is 4.79 Å². The molecule has 1 aliphatic heterocycles. The molecule has 0 spiro atoms. The predicted octanol–water partition coefficient (Wildman–Crippen LogP) is 0.666. The predicted molar refractivity (Wildman–Crippen MR) is 36.9 cm³/mol. The molecule has 0 bridgehead atoms. The Bertz CT molecular complexity index is 206. The number of aliphatic carboxylic acids is 1. The third-order valence-corrected chi connectivity index (χ3v) is 1.29. The molecular weight excluding hydrogens is 130 g/mol. The molecule has 0 unspecified atom stereocenters. The van der Waals surface area contributed by atoms with E-state index in [4.69, 9.17) is 5.11 Å². The van der Waals surface area contributed by atoms with Crippen LogP contribution in [-0.4, -0.2) is 11.1 Å². The molecule has 1 aliphatic rings. The Hall–Kier alpha value is -1.25. The van der Waals surface area contributed by atoms with Gasteiger partial charge in [-0.05, 0) is 25.3 Å². The van der Waals surface area contributed by atoms with E-state index in [1.54, 1.807) is 25.3 Å². The summed E-state index contributed by atoms with van der Waals surface area (Å²) in [7, 11) is 0. The molecule has 3 heteroatoms. The molecule has 0 atom stereocenters. The van der Waals surface area contributed by atoms with Crippen LogP contribution in [0.15, 0.2) is 23.9 Å². The van der Waals surface area contributed by atoms with Crippen molar-refractivity contribution in [2.45, 2.75) is 6.92 Å². The number of hydrogen-bond donors (Lipinski definition) is 2. The van der Waals surface area contributed by atoms with E-state index in [2.05, 4.69) is 5.32 Å². The third-order valence-electron chi connectivity index (χ3n) is 1.29. The number of hydrogen-bond acceptors (Lipinski definition) is 2. The van der Waals surface area contributed by atoms with Crippen LogP contribution in [-0.2, 0) is 4.79 Å². The maximum absolute atomic E-state index is 10.4. The summed E-state index contributed by atoms with van der Waals surface area (Å²) in [6, 6.07) is 0.676. The van der Waals surface area contributed by atoms with Crippen molar-refractivity contribution in [3.8, 4) is 0 Å². The Balaban J connectivity index is 2.80.